The van der Waals surface area contributed by atoms with Crippen molar-refractivity contribution in [2.45, 2.75) is 44.4 Å². The summed E-state index contributed by atoms with van der Waals surface area (Å²) in [6, 6.07) is 4.01. The Labute approximate surface area is 174 Å². The molecule has 1 aromatic rings. The summed E-state index contributed by atoms with van der Waals surface area (Å²) >= 11 is 0. The Balaban J connectivity index is 0.00000364. The second kappa shape index (κ2) is 10.7. The summed E-state index contributed by atoms with van der Waals surface area (Å²) in [6.07, 6.45) is -2.10. The maximum atomic E-state index is 12.5. The molecule has 11 heteroatoms. The van der Waals surface area contributed by atoms with Crippen molar-refractivity contribution in [2.75, 3.05) is 25.0 Å². The van der Waals surface area contributed by atoms with Crippen LogP contribution in [0.1, 0.15) is 32.3 Å². The van der Waals surface area contributed by atoms with E-state index < -0.39 is 17.3 Å². The fourth-order valence-corrected chi connectivity index (χ4v) is 2.66. The Morgan fingerprint density at radius 2 is 2.04 bits per heavy atom. The molecule has 6 nitrogen and oxygen atoms in total. The first-order valence-corrected chi connectivity index (χ1v) is 8.34. The molecule has 2 N–H and O–H groups in total. The van der Waals surface area contributed by atoms with Crippen LogP contribution in [-0.4, -0.2) is 47.0 Å². The van der Waals surface area contributed by atoms with E-state index >= 15 is 0 Å². The molecule has 1 aliphatic rings. The summed E-state index contributed by atoms with van der Waals surface area (Å²) in [6.45, 7) is 4.77. The zero-order valence-corrected chi connectivity index (χ0v) is 17.2. The fraction of sp³-hybridized carbons (Fsp3) is 0.588. The molecular formula is C17H24Cl2F3N5O. The molecule has 0 unspecified atom stereocenters. The monoisotopic (exact) mass is 441 g/mol. The van der Waals surface area contributed by atoms with E-state index in [0.717, 1.165) is 18.7 Å². The summed E-state index contributed by atoms with van der Waals surface area (Å²) < 4.78 is 37.6. The molecule has 1 saturated heterocycles. The van der Waals surface area contributed by atoms with Crippen LogP contribution in [0.25, 0.3) is 0 Å². The highest BCUT2D eigenvalue weighted by Crippen LogP contribution is 2.28. The topological polar surface area (TPSA) is 81.1 Å². The van der Waals surface area contributed by atoms with E-state index in [9.17, 15) is 18.0 Å². The zero-order chi connectivity index (χ0) is 19.4. The van der Waals surface area contributed by atoms with E-state index in [1.54, 1.807) is 4.90 Å². The molecule has 2 rings (SSSR count). The van der Waals surface area contributed by atoms with Gasteiger partial charge >= 0.3 is 6.18 Å². The van der Waals surface area contributed by atoms with Crippen molar-refractivity contribution in [3.05, 3.63) is 23.9 Å². The first kappa shape index (κ1) is 26.2. The largest absolute Gasteiger partial charge is 0.417 e. The molecule has 2 heterocycles. The van der Waals surface area contributed by atoms with Crippen LogP contribution >= 0.6 is 24.8 Å². The van der Waals surface area contributed by atoms with E-state index in [1.165, 1.54) is 6.07 Å². The summed E-state index contributed by atoms with van der Waals surface area (Å²) in [4.78, 5) is 17.6. The lowest BCUT2D eigenvalue weighted by Crippen LogP contribution is -2.50. The molecule has 0 aliphatic carbocycles. The smallest absolute Gasteiger partial charge is 0.368 e. The maximum Gasteiger partial charge on any atom is 0.417 e. The predicted octanol–water partition coefficient (Wildman–Crippen LogP) is 3.24. The number of nitriles is 1. The highest BCUT2D eigenvalue weighted by molar-refractivity contribution is 5.85. The van der Waals surface area contributed by atoms with Crippen LogP contribution in [0.4, 0.5) is 19.0 Å². The quantitative estimate of drug-likeness (QED) is 0.707. The first-order chi connectivity index (χ1) is 12.1. The Morgan fingerprint density at radius 3 is 2.57 bits per heavy atom. The van der Waals surface area contributed by atoms with Crippen molar-refractivity contribution < 1.29 is 18.0 Å². The van der Waals surface area contributed by atoms with Crippen LogP contribution in [0.15, 0.2) is 18.3 Å². The number of nitrogens with one attached hydrogen (secondary N) is 2. The number of aromatic nitrogens is 1. The van der Waals surface area contributed by atoms with E-state index in [4.69, 9.17) is 5.26 Å². The Kier molecular flexibility index (Phi) is 10.0. The lowest BCUT2D eigenvalue weighted by molar-refractivity contribution is -0.137. The Morgan fingerprint density at radius 1 is 1.36 bits per heavy atom. The molecule has 0 saturated carbocycles. The number of carbonyl (C=O) groups is 1. The SMILES string of the molecule is CC(C)(CNc1ccc(C(F)(F)F)cn1)NCC(=O)N1CCC[C@H]1C#N.Cl.Cl. The minimum atomic E-state index is -4.41. The lowest BCUT2D eigenvalue weighted by Gasteiger charge is -2.28. The molecule has 158 valence electrons. The van der Waals surface area contributed by atoms with Gasteiger partial charge in [0.15, 0.2) is 0 Å². The molecule has 1 aliphatic heterocycles. The molecule has 1 aromatic heterocycles. The molecule has 1 atom stereocenters. The summed E-state index contributed by atoms with van der Waals surface area (Å²) in [5, 5.41) is 15.1. The van der Waals surface area contributed by atoms with Crippen LogP contribution in [0.5, 0.6) is 0 Å². The van der Waals surface area contributed by atoms with E-state index in [1.807, 2.05) is 13.8 Å². The Bertz CT molecular complexity index is 677. The third kappa shape index (κ3) is 7.34. The number of likely N-dealkylation sites (tertiary alicyclic amines) is 1. The average Bonchev–Trinajstić information content (AvgIpc) is 3.06. The molecule has 0 radical (unpaired) electrons. The third-order valence-electron chi connectivity index (χ3n) is 4.24. The predicted molar refractivity (Wildman–Crippen MR) is 105 cm³/mol. The minimum Gasteiger partial charge on any atom is -0.368 e. The highest BCUT2D eigenvalue weighted by Gasteiger charge is 2.31. The van der Waals surface area contributed by atoms with Crippen molar-refractivity contribution >= 4 is 36.5 Å². The average molecular weight is 442 g/mol. The van der Waals surface area contributed by atoms with E-state index in [0.29, 0.717) is 25.3 Å². The van der Waals surface area contributed by atoms with Gasteiger partial charge in [0.25, 0.3) is 0 Å². The molecule has 1 fully saturated rings. The van der Waals surface area contributed by atoms with Gasteiger partial charge in [0.05, 0.1) is 18.2 Å². The van der Waals surface area contributed by atoms with Gasteiger partial charge in [-0.05, 0) is 38.8 Å². The minimum absolute atomic E-state index is 0. The van der Waals surface area contributed by atoms with Crippen LogP contribution in [-0.2, 0) is 11.0 Å². The fourth-order valence-electron chi connectivity index (χ4n) is 2.66. The second-order valence-corrected chi connectivity index (χ2v) is 6.90. The summed E-state index contributed by atoms with van der Waals surface area (Å²) in [7, 11) is 0. The van der Waals surface area contributed by atoms with Crippen LogP contribution in [0, 0.1) is 11.3 Å². The number of pyridine rings is 1. The summed E-state index contributed by atoms with van der Waals surface area (Å²) in [5.74, 6) is 0.193. The molecule has 0 aromatic carbocycles. The number of amides is 1. The van der Waals surface area contributed by atoms with Gasteiger partial charge < -0.3 is 15.5 Å². The van der Waals surface area contributed by atoms with Crippen molar-refractivity contribution in [3.63, 3.8) is 0 Å². The van der Waals surface area contributed by atoms with Crippen molar-refractivity contribution in [1.29, 1.82) is 5.26 Å². The van der Waals surface area contributed by atoms with Crippen molar-refractivity contribution in [1.82, 2.24) is 15.2 Å². The standard InChI is InChI=1S/C17H22F3N5O.2ClH/c1-16(2,24-10-15(26)25-7-3-4-13(25)8-21)11-23-14-6-5-12(9-22-14)17(18,19)20;;/h5-6,9,13,24H,3-4,7,10-11H2,1-2H3,(H,22,23);2*1H/t13-;;/m0../s1. The highest BCUT2D eigenvalue weighted by atomic mass is 35.5. The normalized spacial score (nSPS) is 16.6. The second-order valence-electron chi connectivity index (χ2n) is 6.90. The van der Waals surface area contributed by atoms with Crippen molar-refractivity contribution in [3.8, 4) is 6.07 Å². The summed E-state index contributed by atoms with van der Waals surface area (Å²) in [5.41, 5.74) is -1.30. The number of rotatable bonds is 6. The van der Waals surface area contributed by atoms with Gasteiger partial charge in [-0.3, -0.25) is 4.79 Å². The van der Waals surface area contributed by atoms with Gasteiger partial charge in [0, 0.05) is 24.8 Å². The molecular weight excluding hydrogens is 418 g/mol. The third-order valence-corrected chi connectivity index (χ3v) is 4.24. The van der Waals surface area contributed by atoms with Crippen LogP contribution in [0.3, 0.4) is 0 Å². The van der Waals surface area contributed by atoms with Gasteiger partial charge in [-0.1, -0.05) is 0 Å². The van der Waals surface area contributed by atoms with Gasteiger partial charge in [-0.25, -0.2) is 4.98 Å². The first-order valence-electron chi connectivity index (χ1n) is 8.34. The van der Waals surface area contributed by atoms with Gasteiger partial charge in [-0.15, -0.1) is 24.8 Å². The number of hydrogen-bond acceptors (Lipinski definition) is 5. The van der Waals surface area contributed by atoms with Crippen LogP contribution in [0.2, 0.25) is 0 Å². The Hall–Kier alpha value is -1.76. The molecule has 28 heavy (non-hydrogen) atoms. The number of carbonyl (C=O) groups excluding carboxylic acids is 1. The maximum absolute atomic E-state index is 12.5. The lowest BCUT2D eigenvalue weighted by atomic mass is 10.1. The van der Waals surface area contributed by atoms with Gasteiger partial charge in [-0.2, -0.15) is 18.4 Å². The number of nitrogens with zero attached hydrogens (tertiary/aromatic N) is 3. The van der Waals surface area contributed by atoms with Crippen molar-refractivity contribution in [2.24, 2.45) is 0 Å². The van der Waals surface area contributed by atoms with E-state index in [-0.39, 0.29) is 43.3 Å². The number of anilines is 1. The van der Waals surface area contributed by atoms with Gasteiger partial charge in [0.1, 0.15) is 11.9 Å². The zero-order valence-electron chi connectivity index (χ0n) is 15.5. The number of hydrogen-bond donors (Lipinski definition) is 2. The van der Waals surface area contributed by atoms with Gasteiger partial charge in [0.2, 0.25) is 5.91 Å². The number of alkyl halides is 3. The molecule has 0 bridgehead atoms. The van der Waals surface area contributed by atoms with E-state index in [2.05, 4.69) is 21.7 Å². The molecule has 0 spiro atoms. The molecule has 1 amide bonds. The van der Waals surface area contributed by atoms with Crippen LogP contribution < -0.4 is 10.6 Å². The number of halogens is 5.